The SMILES string of the molecule is CCNc1cc(SCCS(C)(=O)=O)nc(SC)n1. The van der Waals surface area contributed by atoms with Crippen LogP contribution in [0.1, 0.15) is 6.92 Å². The highest BCUT2D eigenvalue weighted by Gasteiger charge is 2.07. The number of hydrogen-bond acceptors (Lipinski definition) is 7. The summed E-state index contributed by atoms with van der Waals surface area (Å²) < 4.78 is 22.1. The molecule has 0 aromatic carbocycles. The summed E-state index contributed by atoms with van der Waals surface area (Å²) in [6.45, 7) is 2.79. The third-order valence-electron chi connectivity index (χ3n) is 1.93. The van der Waals surface area contributed by atoms with Crippen LogP contribution in [0.25, 0.3) is 0 Å². The molecule has 1 heterocycles. The summed E-state index contributed by atoms with van der Waals surface area (Å²) in [5.41, 5.74) is 0. The zero-order chi connectivity index (χ0) is 13.6. The van der Waals surface area contributed by atoms with Gasteiger partial charge in [-0.2, -0.15) is 0 Å². The molecule has 0 saturated heterocycles. The smallest absolute Gasteiger partial charge is 0.190 e. The van der Waals surface area contributed by atoms with Crippen molar-refractivity contribution < 1.29 is 8.42 Å². The molecule has 102 valence electrons. The van der Waals surface area contributed by atoms with Crippen molar-refractivity contribution in [1.82, 2.24) is 9.97 Å². The molecule has 18 heavy (non-hydrogen) atoms. The lowest BCUT2D eigenvalue weighted by molar-refractivity contribution is 0.603. The Morgan fingerprint density at radius 3 is 2.67 bits per heavy atom. The maximum absolute atomic E-state index is 11.1. The second-order valence-corrected chi connectivity index (χ2v) is 7.74. The van der Waals surface area contributed by atoms with Crippen molar-refractivity contribution in [1.29, 1.82) is 0 Å². The zero-order valence-electron chi connectivity index (χ0n) is 10.6. The number of nitrogens with zero attached hydrogens (tertiary/aromatic N) is 2. The van der Waals surface area contributed by atoms with Crippen molar-refractivity contribution in [3.63, 3.8) is 0 Å². The van der Waals surface area contributed by atoms with Crippen LogP contribution in [-0.2, 0) is 9.84 Å². The van der Waals surface area contributed by atoms with Crippen LogP contribution in [0.15, 0.2) is 16.2 Å². The Hall–Kier alpha value is -0.470. The van der Waals surface area contributed by atoms with Gasteiger partial charge in [0, 0.05) is 24.6 Å². The lowest BCUT2D eigenvalue weighted by Gasteiger charge is -2.07. The summed E-state index contributed by atoms with van der Waals surface area (Å²) in [6, 6.07) is 1.84. The van der Waals surface area contributed by atoms with Crippen LogP contribution in [0, 0.1) is 0 Å². The van der Waals surface area contributed by atoms with E-state index in [9.17, 15) is 8.42 Å². The van der Waals surface area contributed by atoms with Gasteiger partial charge in [0.15, 0.2) is 5.16 Å². The molecule has 8 heteroatoms. The van der Waals surface area contributed by atoms with Gasteiger partial charge in [0.25, 0.3) is 0 Å². The van der Waals surface area contributed by atoms with Crippen LogP contribution in [0.2, 0.25) is 0 Å². The summed E-state index contributed by atoms with van der Waals surface area (Å²) in [5, 5.41) is 4.62. The molecule has 0 bridgehead atoms. The van der Waals surface area contributed by atoms with Crippen LogP contribution < -0.4 is 5.32 Å². The molecule has 1 N–H and O–H groups in total. The topological polar surface area (TPSA) is 72.0 Å². The van der Waals surface area contributed by atoms with Gasteiger partial charge < -0.3 is 5.32 Å². The minimum absolute atomic E-state index is 0.160. The fourth-order valence-electron chi connectivity index (χ4n) is 1.14. The second kappa shape index (κ2) is 7.20. The number of hydrogen-bond donors (Lipinski definition) is 1. The monoisotopic (exact) mass is 307 g/mol. The molecule has 0 radical (unpaired) electrons. The first-order valence-corrected chi connectivity index (χ1v) is 9.69. The number of sulfone groups is 1. The van der Waals surface area contributed by atoms with Crippen molar-refractivity contribution in [2.24, 2.45) is 0 Å². The minimum Gasteiger partial charge on any atom is -0.370 e. The van der Waals surface area contributed by atoms with Crippen LogP contribution in [-0.4, -0.2) is 48.9 Å². The number of thioether (sulfide) groups is 2. The number of aromatic nitrogens is 2. The first-order valence-electron chi connectivity index (χ1n) is 5.42. The molecule has 0 spiro atoms. The van der Waals surface area contributed by atoms with Crippen LogP contribution in [0.3, 0.4) is 0 Å². The Bertz CT molecular complexity index is 491. The molecular formula is C10H17N3O2S3. The van der Waals surface area contributed by atoms with Gasteiger partial charge in [0.2, 0.25) is 0 Å². The van der Waals surface area contributed by atoms with Crippen molar-refractivity contribution >= 4 is 39.2 Å². The molecule has 0 unspecified atom stereocenters. The fraction of sp³-hybridized carbons (Fsp3) is 0.600. The minimum atomic E-state index is -2.92. The molecule has 5 nitrogen and oxygen atoms in total. The van der Waals surface area contributed by atoms with E-state index in [4.69, 9.17) is 0 Å². The summed E-state index contributed by atoms with van der Waals surface area (Å²) in [5.74, 6) is 1.45. The standard InChI is InChI=1S/C10H17N3O2S3/c1-4-11-8-7-9(13-10(12-8)16-2)17-5-6-18(3,14)15/h7H,4-6H2,1-3H3,(H,11,12,13). The first-order chi connectivity index (χ1) is 8.44. The normalized spacial score (nSPS) is 11.5. The molecule has 0 aliphatic carbocycles. The van der Waals surface area contributed by atoms with E-state index in [-0.39, 0.29) is 5.75 Å². The quantitative estimate of drug-likeness (QED) is 0.467. The van der Waals surface area contributed by atoms with Gasteiger partial charge in [0.05, 0.1) is 5.75 Å². The van der Waals surface area contributed by atoms with E-state index in [2.05, 4.69) is 15.3 Å². The van der Waals surface area contributed by atoms with Gasteiger partial charge in [-0.15, -0.1) is 11.8 Å². The van der Waals surface area contributed by atoms with Crippen molar-refractivity contribution in [3.05, 3.63) is 6.07 Å². The summed E-state index contributed by atoms with van der Waals surface area (Å²) in [7, 11) is -2.92. The van der Waals surface area contributed by atoms with E-state index in [1.165, 1.54) is 29.8 Å². The van der Waals surface area contributed by atoms with Gasteiger partial charge in [-0.05, 0) is 13.2 Å². The van der Waals surface area contributed by atoms with Crippen molar-refractivity contribution in [3.8, 4) is 0 Å². The molecule has 1 aromatic heterocycles. The van der Waals surface area contributed by atoms with Crippen LogP contribution >= 0.6 is 23.5 Å². The predicted octanol–water partition coefficient (Wildman–Crippen LogP) is 1.77. The highest BCUT2D eigenvalue weighted by atomic mass is 32.2. The Morgan fingerprint density at radius 2 is 2.11 bits per heavy atom. The van der Waals surface area contributed by atoms with Crippen molar-refractivity contribution in [2.75, 3.05) is 35.9 Å². The lowest BCUT2D eigenvalue weighted by atomic mass is 10.5. The molecule has 0 amide bonds. The van der Waals surface area contributed by atoms with Gasteiger partial charge in [-0.1, -0.05) is 11.8 Å². The molecule has 1 rings (SSSR count). The van der Waals surface area contributed by atoms with Gasteiger partial charge >= 0.3 is 0 Å². The predicted molar refractivity (Wildman–Crippen MR) is 78.4 cm³/mol. The van der Waals surface area contributed by atoms with E-state index in [0.717, 1.165) is 17.4 Å². The molecule has 1 aromatic rings. The zero-order valence-corrected chi connectivity index (χ0v) is 13.1. The van der Waals surface area contributed by atoms with Gasteiger partial charge in [-0.3, -0.25) is 0 Å². The van der Waals surface area contributed by atoms with E-state index >= 15 is 0 Å². The summed E-state index contributed by atoms with van der Waals surface area (Å²) >= 11 is 2.90. The second-order valence-electron chi connectivity index (χ2n) is 3.59. The van der Waals surface area contributed by atoms with Crippen molar-refractivity contribution in [2.45, 2.75) is 17.1 Å². The highest BCUT2D eigenvalue weighted by Crippen LogP contribution is 2.22. The average Bonchev–Trinajstić information content (AvgIpc) is 2.27. The van der Waals surface area contributed by atoms with Crippen LogP contribution in [0.4, 0.5) is 5.82 Å². The Kier molecular flexibility index (Phi) is 6.24. The molecule has 0 aliphatic rings. The van der Waals surface area contributed by atoms with Crippen LogP contribution in [0.5, 0.6) is 0 Å². The maximum Gasteiger partial charge on any atom is 0.190 e. The van der Waals surface area contributed by atoms with Gasteiger partial charge in [-0.25, -0.2) is 18.4 Å². The fourth-order valence-corrected chi connectivity index (χ4v) is 3.67. The summed E-state index contributed by atoms with van der Waals surface area (Å²) in [4.78, 5) is 8.64. The third kappa shape index (κ3) is 5.92. The third-order valence-corrected chi connectivity index (χ3v) is 4.59. The number of anilines is 1. The lowest BCUT2D eigenvalue weighted by Crippen LogP contribution is -2.06. The largest absolute Gasteiger partial charge is 0.370 e. The molecule has 0 fully saturated rings. The molecular weight excluding hydrogens is 290 g/mol. The highest BCUT2D eigenvalue weighted by molar-refractivity contribution is 8.00. The maximum atomic E-state index is 11.1. The van der Waals surface area contributed by atoms with E-state index < -0.39 is 9.84 Å². The van der Waals surface area contributed by atoms with Gasteiger partial charge in [0.1, 0.15) is 20.7 Å². The molecule has 0 atom stereocenters. The Labute approximate surface area is 116 Å². The average molecular weight is 307 g/mol. The first kappa shape index (κ1) is 15.6. The van der Waals surface area contributed by atoms with E-state index in [1.54, 1.807) is 0 Å². The summed E-state index contributed by atoms with van der Waals surface area (Å²) in [6.07, 6.45) is 3.15. The number of nitrogens with one attached hydrogen (secondary N) is 1. The van der Waals surface area contributed by atoms with E-state index in [1.807, 2.05) is 19.2 Å². The molecule has 0 saturated carbocycles. The van der Waals surface area contributed by atoms with E-state index in [0.29, 0.717) is 10.9 Å². The Balaban J connectivity index is 2.72. The number of rotatable bonds is 7. The Morgan fingerprint density at radius 1 is 1.39 bits per heavy atom. The molecule has 0 aliphatic heterocycles.